The Kier molecular flexibility index (Phi) is 5.64. The van der Waals surface area contributed by atoms with Crippen LogP contribution in [0.5, 0.6) is 0 Å². The first-order valence-electron chi connectivity index (χ1n) is 4.84. The minimum Gasteiger partial charge on any atom is -0.330 e. The summed E-state index contributed by atoms with van der Waals surface area (Å²) >= 11 is 1.55. The third-order valence-corrected chi connectivity index (χ3v) is 2.90. The van der Waals surface area contributed by atoms with Gasteiger partial charge in [-0.1, -0.05) is 12.1 Å². The standard InChI is InChI=1S/C11H16FNS/c12-7-9-14-11-5-3-10(4-6-11)2-1-8-13/h3-6H,1-2,7-9,13H2. The van der Waals surface area contributed by atoms with Crippen molar-refractivity contribution in [3.05, 3.63) is 29.8 Å². The minimum atomic E-state index is -0.264. The first-order valence-corrected chi connectivity index (χ1v) is 5.83. The fourth-order valence-corrected chi connectivity index (χ4v) is 1.86. The molecule has 0 unspecified atom stereocenters. The number of benzene rings is 1. The van der Waals surface area contributed by atoms with E-state index in [9.17, 15) is 4.39 Å². The first-order chi connectivity index (χ1) is 6.86. The van der Waals surface area contributed by atoms with Crippen LogP contribution in [0.2, 0.25) is 0 Å². The Hall–Kier alpha value is -0.540. The maximum Gasteiger partial charge on any atom is 0.0988 e. The van der Waals surface area contributed by atoms with Crippen LogP contribution >= 0.6 is 11.8 Å². The van der Waals surface area contributed by atoms with Crippen molar-refractivity contribution in [2.45, 2.75) is 17.7 Å². The van der Waals surface area contributed by atoms with Gasteiger partial charge >= 0.3 is 0 Å². The normalized spacial score (nSPS) is 10.4. The van der Waals surface area contributed by atoms with Crippen LogP contribution in [0.1, 0.15) is 12.0 Å². The predicted octanol–water partition coefficient (Wildman–Crippen LogP) is 2.64. The molecule has 0 aromatic heterocycles. The van der Waals surface area contributed by atoms with Gasteiger partial charge in [-0.15, -0.1) is 11.8 Å². The van der Waals surface area contributed by atoms with Crippen molar-refractivity contribution >= 4 is 11.8 Å². The number of halogens is 1. The molecule has 0 aliphatic heterocycles. The average molecular weight is 213 g/mol. The highest BCUT2D eigenvalue weighted by Gasteiger charge is 1.95. The van der Waals surface area contributed by atoms with Crippen molar-refractivity contribution in [3.63, 3.8) is 0 Å². The van der Waals surface area contributed by atoms with Crippen LogP contribution in [0.4, 0.5) is 4.39 Å². The molecule has 0 aliphatic rings. The molecule has 14 heavy (non-hydrogen) atoms. The van der Waals surface area contributed by atoms with Crippen LogP contribution in [0.15, 0.2) is 29.2 Å². The molecule has 0 radical (unpaired) electrons. The van der Waals surface area contributed by atoms with E-state index in [0.717, 1.165) is 24.3 Å². The number of thioether (sulfide) groups is 1. The van der Waals surface area contributed by atoms with Crippen LogP contribution in [-0.2, 0) is 6.42 Å². The van der Waals surface area contributed by atoms with E-state index in [-0.39, 0.29) is 6.67 Å². The lowest BCUT2D eigenvalue weighted by Crippen LogP contribution is -2.00. The van der Waals surface area contributed by atoms with Crippen molar-refractivity contribution in [2.24, 2.45) is 5.73 Å². The Labute approximate surface area is 88.9 Å². The van der Waals surface area contributed by atoms with Gasteiger partial charge in [0.05, 0.1) is 6.67 Å². The van der Waals surface area contributed by atoms with Crippen molar-refractivity contribution in [1.29, 1.82) is 0 Å². The number of aryl methyl sites for hydroxylation is 1. The van der Waals surface area contributed by atoms with Crippen molar-refractivity contribution in [2.75, 3.05) is 19.0 Å². The van der Waals surface area contributed by atoms with E-state index in [1.165, 1.54) is 5.56 Å². The van der Waals surface area contributed by atoms with E-state index in [4.69, 9.17) is 5.73 Å². The molecule has 1 nitrogen and oxygen atoms in total. The highest BCUT2D eigenvalue weighted by molar-refractivity contribution is 7.99. The van der Waals surface area contributed by atoms with Gasteiger partial charge in [0.1, 0.15) is 0 Å². The minimum absolute atomic E-state index is 0.264. The second-order valence-corrected chi connectivity index (χ2v) is 4.24. The third-order valence-electron chi connectivity index (χ3n) is 1.94. The van der Waals surface area contributed by atoms with E-state index >= 15 is 0 Å². The number of hydrogen-bond acceptors (Lipinski definition) is 2. The van der Waals surface area contributed by atoms with E-state index in [1.807, 2.05) is 12.1 Å². The Bertz CT molecular complexity index is 221. The summed E-state index contributed by atoms with van der Waals surface area (Å²) in [6.07, 6.45) is 2.06. The summed E-state index contributed by atoms with van der Waals surface area (Å²) < 4.78 is 11.9. The first kappa shape index (κ1) is 11.5. The molecule has 3 heteroatoms. The highest BCUT2D eigenvalue weighted by atomic mass is 32.2. The van der Waals surface area contributed by atoms with Gasteiger partial charge in [-0.2, -0.15) is 0 Å². The largest absolute Gasteiger partial charge is 0.330 e. The molecule has 0 atom stereocenters. The van der Waals surface area contributed by atoms with E-state index in [0.29, 0.717) is 5.75 Å². The quantitative estimate of drug-likeness (QED) is 0.735. The lowest BCUT2D eigenvalue weighted by atomic mass is 10.1. The van der Waals surface area contributed by atoms with Gasteiger partial charge in [-0.3, -0.25) is 4.39 Å². The van der Waals surface area contributed by atoms with Crippen LogP contribution in [0.25, 0.3) is 0 Å². The third kappa shape index (κ3) is 4.11. The smallest absolute Gasteiger partial charge is 0.0988 e. The molecule has 2 N–H and O–H groups in total. The monoisotopic (exact) mass is 213 g/mol. The summed E-state index contributed by atoms with van der Waals surface area (Å²) in [6.45, 7) is 0.470. The van der Waals surface area contributed by atoms with E-state index in [2.05, 4.69) is 12.1 Å². The van der Waals surface area contributed by atoms with Crippen molar-refractivity contribution in [3.8, 4) is 0 Å². The number of nitrogens with two attached hydrogens (primary N) is 1. The molecule has 0 bridgehead atoms. The molecular weight excluding hydrogens is 197 g/mol. The second-order valence-electron chi connectivity index (χ2n) is 3.07. The molecule has 0 spiro atoms. The van der Waals surface area contributed by atoms with Gasteiger partial charge in [-0.05, 0) is 37.1 Å². The van der Waals surface area contributed by atoms with Crippen LogP contribution < -0.4 is 5.73 Å². The number of hydrogen-bond donors (Lipinski definition) is 1. The summed E-state index contributed by atoms with van der Waals surface area (Å²) in [7, 11) is 0. The van der Waals surface area contributed by atoms with Gasteiger partial charge in [0.25, 0.3) is 0 Å². The zero-order chi connectivity index (χ0) is 10.2. The zero-order valence-electron chi connectivity index (χ0n) is 8.21. The molecule has 0 aliphatic carbocycles. The van der Waals surface area contributed by atoms with E-state index < -0.39 is 0 Å². The fraction of sp³-hybridized carbons (Fsp3) is 0.455. The topological polar surface area (TPSA) is 26.0 Å². The highest BCUT2D eigenvalue weighted by Crippen LogP contribution is 2.18. The molecule has 78 valence electrons. The summed E-state index contributed by atoms with van der Waals surface area (Å²) in [4.78, 5) is 1.14. The molecule has 1 rings (SSSR count). The number of rotatable bonds is 6. The lowest BCUT2D eigenvalue weighted by molar-refractivity contribution is 0.533. The molecule has 0 saturated carbocycles. The molecule has 0 heterocycles. The van der Waals surface area contributed by atoms with Gasteiger partial charge in [0.15, 0.2) is 0 Å². The van der Waals surface area contributed by atoms with Gasteiger partial charge < -0.3 is 5.73 Å². The van der Waals surface area contributed by atoms with Crippen LogP contribution in [0.3, 0.4) is 0 Å². The van der Waals surface area contributed by atoms with Crippen molar-refractivity contribution < 1.29 is 4.39 Å². The summed E-state index contributed by atoms with van der Waals surface area (Å²) in [6, 6.07) is 8.28. The van der Waals surface area contributed by atoms with Crippen LogP contribution in [0, 0.1) is 0 Å². The maximum absolute atomic E-state index is 11.9. The summed E-state index contributed by atoms with van der Waals surface area (Å²) in [5.74, 6) is 0.544. The van der Waals surface area contributed by atoms with Crippen LogP contribution in [-0.4, -0.2) is 19.0 Å². The van der Waals surface area contributed by atoms with Gasteiger partial charge in [0.2, 0.25) is 0 Å². The number of alkyl halides is 1. The molecule has 0 saturated heterocycles. The maximum atomic E-state index is 11.9. The van der Waals surface area contributed by atoms with Gasteiger partial charge in [-0.25, -0.2) is 0 Å². The molecule has 0 fully saturated rings. The molecule has 1 aromatic carbocycles. The van der Waals surface area contributed by atoms with Crippen molar-refractivity contribution in [1.82, 2.24) is 0 Å². The average Bonchev–Trinajstić information content (AvgIpc) is 2.25. The second kappa shape index (κ2) is 6.85. The fourth-order valence-electron chi connectivity index (χ4n) is 1.21. The van der Waals surface area contributed by atoms with E-state index in [1.54, 1.807) is 11.8 Å². The SMILES string of the molecule is NCCCc1ccc(SCCF)cc1. The molecular formula is C11H16FNS. The Morgan fingerprint density at radius 3 is 2.50 bits per heavy atom. The zero-order valence-corrected chi connectivity index (χ0v) is 9.02. The molecule has 0 amide bonds. The summed E-state index contributed by atoms with van der Waals surface area (Å²) in [5, 5.41) is 0. The molecule has 1 aromatic rings. The Morgan fingerprint density at radius 2 is 1.93 bits per heavy atom. The lowest BCUT2D eigenvalue weighted by Gasteiger charge is -2.02. The van der Waals surface area contributed by atoms with Gasteiger partial charge in [0, 0.05) is 10.6 Å². The Morgan fingerprint density at radius 1 is 1.21 bits per heavy atom. The predicted molar refractivity (Wildman–Crippen MR) is 60.5 cm³/mol. The Balaban J connectivity index is 2.42. The summed E-state index contributed by atoms with van der Waals surface area (Å²) in [5.41, 5.74) is 6.73.